The Morgan fingerprint density at radius 3 is 2.47 bits per heavy atom. The van der Waals surface area contributed by atoms with Crippen molar-refractivity contribution in [3.8, 4) is 0 Å². The van der Waals surface area contributed by atoms with Gasteiger partial charge in [0.05, 0.1) is 5.56 Å². The van der Waals surface area contributed by atoms with Crippen LogP contribution in [0.15, 0.2) is 22.7 Å². The van der Waals surface area contributed by atoms with Crippen molar-refractivity contribution < 1.29 is 13.2 Å². The van der Waals surface area contributed by atoms with E-state index in [1.54, 1.807) is 0 Å². The molecule has 0 saturated carbocycles. The summed E-state index contributed by atoms with van der Waals surface area (Å²) in [5.74, 6) is 0. The quantitative estimate of drug-likeness (QED) is 0.896. The monoisotopic (exact) mass is 336 g/mol. The van der Waals surface area contributed by atoms with Crippen LogP contribution in [-0.2, 0) is 12.7 Å². The standard InChI is InChI=1S/C13H16BrF3N2/c14-12-2-1-10(13(15,16)17)7-9(12)8-19-5-3-11(18)4-6-19/h1-2,7,11H,3-6,8,18H2. The minimum absolute atomic E-state index is 0.223. The van der Waals surface area contributed by atoms with E-state index in [4.69, 9.17) is 5.73 Å². The van der Waals surface area contributed by atoms with Crippen molar-refractivity contribution in [3.63, 3.8) is 0 Å². The van der Waals surface area contributed by atoms with Gasteiger partial charge in [0.1, 0.15) is 0 Å². The molecule has 0 atom stereocenters. The maximum Gasteiger partial charge on any atom is 0.416 e. The summed E-state index contributed by atoms with van der Waals surface area (Å²) in [6.07, 6.45) is -2.49. The fourth-order valence-corrected chi connectivity index (χ4v) is 2.60. The van der Waals surface area contributed by atoms with Gasteiger partial charge in [-0.15, -0.1) is 0 Å². The van der Waals surface area contributed by atoms with E-state index in [-0.39, 0.29) is 6.04 Å². The van der Waals surface area contributed by atoms with E-state index in [2.05, 4.69) is 20.8 Å². The fraction of sp³-hybridized carbons (Fsp3) is 0.538. The van der Waals surface area contributed by atoms with Crippen LogP contribution in [0.25, 0.3) is 0 Å². The van der Waals surface area contributed by atoms with Crippen LogP contribution in [0.2, 0.25) is 0 Å². The smallest absolute Gasteiger partial charge is 0.328 e. The number of likely N-dealkylation sites (tertiary alicyclic amines) is 1. The summed E-state index contributed by atoms with van der Waals surface area (Å²) in [5.41, 5.74) is 5.89. The molecule has 0 unspecified atom stereocenters. The van der Waals surface area contributed by atoms with Gasteiger partial charge in [0.2, 0.25) is 0 Å². The van der Waals surface area contributed by atoms with Crippen LogP contribution >= 0.6 is 15.9 Å². The molecule has 0 amide bonds. The number of rotatable bonds is 2. The first-order valence-electron chi connectivity index (χ1n) is 6.20. The van der Waals surface area contributed by atoms with E-state index in [0.717, 1.165) is 36.5 Å². The topological polar surface area (TPSA) is 29.3 Å². The molecule has 1 aliphatic heterocycles. The number of piperidine rings is 1. The van der Waals surface area contributed by atoms with E-state index in [1.165, 1.54) is 12.1 Å². The average molecular weight is 337 g/mol. The molecule has 1 aromatic carbocycles. The number of hydrogen-bond donors (Lipinski definition) is 1. The molecule has 106 valence electrons. The van der Waals surface area contributed by atoms with Crippen molar-refractivity contribution in [2.75, 3.05) is 13.1 Å². The maximum atomic E-state index is 12.7. The molecule has 6 heteroatoms. The molecular formula is C13H16BrF3N2. The van der Waals surface area contributed by atoms with Crippen LogP contribution in [0.4, 0.5) is 13.2 Å². The lowest BCUT2D eigenvalue weighted by atomic mass is 10.0. The van der Waals surface area contributed by atoms with Crippen molar-refractivity contribution in [2.24, 2.45) is 5.73 Å². The Labute approximate surface area is 118 Å². The molecular weight excluding hydrogens is 321 g/mol. The molecule has 1 saturated heterocycles. The predicted molar refractivity (Wildman–Crippen MR) is 71.6 cm³/mol. The van der Waals surface area contributed by atoms with Crippen molar-refractivity contribution in [3.05, 3.63) is 33.8 Å². The second-order valence-electron chi connectivity index (χ2n) is 4.92. The Bertz CT molecular complexity index is 440. The highest BCUT2D eigenvalue weighted by Crippen LogP contribution is 2.32. The number of benzene rings is 1. The Kier molecular flexibility index (Phi) is 4.53. The van der Waals surface area contributed by atoms with Gasteiger partial charge in [0.25, 0.3) is 0 Å². The zero-order chi connectivity index (χ0) is 14.0. The highest BCUT2D eigenvalue weighted by atomic mass is 79.9. The second-order valence-corrected chi connectivity index (χ2v) is 5.77. The Morgan fingerprint density at radius 1 is 1.26 bits per heavy atom. The minimum Gasteiger partial charge on any atom is -0.328 e. The molecule has 2 nitrogen and oxygen atoms in total. The van der Waals surface area contributed by atoms with Crippen LogP contribution < -0.4 is 5.73 Å². The number of hydrogen-bond acceptors (Lipinski definition) is 2. The molecule has 0 bridgehead atoms. The Balaban J connectivity index is 2.11. The first-order valence-corrected chi connectivity index (χ1v) is 6.99. The molecule has 0 spiro atoms. The summed E-state index contributed by atoms with van der Waals surface area (Å²) in [5, 5.41) is 0. The van der Waals surface area contributed by atoms with Gasteiger partial charge in [0.15, 0.2) is 0 Å². The van der Waals surface area contributed by atoms with Crippen LogP contribution in [0, 0.1) is 0 Å². The molecule has 0 aromatic heterocycles. The summed E-state index contributed by atoms with van der Waals surface area (Å²) in [4.78, 5) is 2.14. The first-order chi connectivity index (χ1) is 8.86. The molecule has 0 radical (unpaired) electrons. The number of nitrogens with zero attached hydrogens (tertiary/aromatic N) is 1. The van der Waals surface area contributed by atoms with Gasteiger partial charge in [-0.2, -0.15) is 13.2 Å². The van der Waals surface area contributed by atoms with E-state index < -0.39 is 11.7 Å². The molecule has 19 heavy (non-hydrogen) atoms. The second kappa shape index (κ2) is 5.81. The number of nitrogens with two attached hydrogens (primary N) is 1. The van der Waals surface area contributed by atoms with Crippen molar-refractivity contribution >= 4 is 15.9 Å². The van der Waals surface area contributed by atoms with Gasteiger partial charge in [-0.3, -0.25) is 4.90 Å². The van der Waals surface area contributed by atoms with Crippen LogP contribution in [0.1, 0.15) is 24.0 Å². The maximum absolute atomic E-state index is 12.7. The number of halogens is 4. The fourth-order valence-electron chi connectivity index (χ4n) is 2.22. The zero-order valence-electron chi connectivity index (χ0n) is 10.4. The third kappa shape index (κ3) is 3.94. The number of alkyl halides is 3. The van der Waals surface area contributed by atoms with Gasteiger partial charge in [-0.25, -0.2) is 0 Å². The first kappa shape index (κ1) is 14.8. The molecule has 1 aromatic rings. The van der Waals surface area contributed by atoms with Gasteiger partial charge < -0.3 is 5.73 Å². The zero-order valence-corrected chi connectivity index (χ0v) is 12.0. The Morgan fingerprint density at radius 2 is 1.89 bits per heavy atom. The molecule has 1 fully saturated rings. The minimum atomic E-state index is -4.29. The average Bonchev–Trinajstić information content (AvgIpc) is 2.33. The van der Waals surface area contributed by atoms with Crippen LogP contribution in [-0.4, -0.2) is 24.0 Å². The third-order valence-electron chi connectivity index (χ3n) is 3.40. The Hall–Kier alpha value is -0.590. The van der Waals surface area contributed by atoms with Crippen molar-refractivity contribution in [2.45, 2.75) is 31.6 Å². The summed E-state index contributed by atoms with van der Waals surface area (Å²) < 4.78 is 38.8. The van der Waals surface area contributed by atoms with E-state index in [0.29, 0.717) is 12.1 Å². The van der Waals surface area contributed by atoms with Gasteiger partial charge in [-0.05, 0) is 49.7 Å². The summed E-state index contributed by atoms with van der Waals surface area (Å²) in [6.45, 7) is 2.20. The largest absolute Gasteiger partial charge is 0.416 e. The van der Waals surface area contributed by atoms with E-state index >= 15 is 0 Å². The predicted octanol–water partition coefficient (Wildman–Crippen LogP) is 3.39. The summed E-state index contributed by atoms with van der Waals surface area (Å²) in [7, 11) is 0. The molecule has 2 N–H and O–H groups in total. The van der Waals surface area contributed by atoms with Crippen molar-refractivity contribution in [1.82, 2.24) is 4.90 Å². The van der Waals surface area contributed by atoms with E-state index in [1.807, 2.05) is 0 Å². The molecule has 1 heterocycles. The highest BCUT2D eigenvalue weighted by molar-refractivity contribution is 9.10. The van der Waals surface area contributed by atoms with Crippen molar-refractivity contribution in [1.29, 1.82) is 0 Å². The van der Waals surface area contributed by atoms with Gasteiger partial charge in [-0.1, -0.05) is 15.9 Å². The normalized spacial score (nSPS) is 18.8. The molecule has 2 rings (SSSR count). The van der Waals surface area contributed by atoms with Gasteiger partial charge in [0, 0.05) is 17.1 Å². The molecule has 0 aliphatic carbocycles. The SMILES string of the molecule is NC1CCN(Cc2cc(C(F)(F)F)ccc2Br)CC1. The van der Waals surface area contributed by atoms with E-state index in [9.17, 15) is 13.2 Å². The lowest BCUT2D eigenvalue weighted by Crippen LogP contribution is -2.39. The summed E-state index contributed by atoms with van der Waals surface area (Å²) in [6, 6.07) is 4.01. The van der Waals surface area contributed by atoms with Gasteiger partial charge >= 0.3 is 6.18 Å². The van der Waals surface area contributed by atoms with Crippen LogP contribution in [0.3, 0.4) is 0 Å². The lowest BCUT2D eigenvalue weighted by Gasteiger charge is -2.30. The summed E-state index contributed by atoms with van der Waals surface area (Å²) >= 11 is 3.32. The van der Waals surface area contributed by atoms with Crippen LogP contribution in [0.5, 0.6) is 0 Å². The highest BCUT2D eigenvalue weighted by Gasteiger charge is 2.31. The lowest BCUT2D eigenvalue weighted by molar-refractivity contribution is -0.137. The molecule has 1 aliphatic rings. The third-order valence-corrected chi connectivity index (χ3v) is 4.17.